The fraction of sp³-hybridized carbons (Fsp3) is 0.400. The van der Waals surface area contributed by atoms with Gasteiger partial charge in [0.25, 0.3) is 0 Å². The number of aromatic nitrogens is 3. The highest BCUT2D eigenvalue weighted by molar-refractivity contribution is 7.99. The number of carbonyl (C=O) groups is 1. The Bertz CT molecular complexity index is 1100. The van der Waals surface area contributed by atoms with Gasteiger partial charge in [0.1, 0.15) is 11.5 Å². The standard InChI is InChI=1S/C25H31N5O4S/c1-3-33-19-12-10-18(11-13-19)26-16-23-28-29-25(30(23)21-8-4-5-9-22(21)32-2)35-17-24(31)27-15-20-7-6-14-34-20/h4-5,8-13,20,26H,3,6-7,14-17H2,1-2H3,(H,27,31). The van der Waals surface area contributed by atoms with Crippen molar-refractivity contribution in [2.45, 2.75) is 37.6 Å². The lowest BCUT2D eigenvalue weighted by atomic mass is 10.2. The molecule has 2 heterocycles. The van der Waals surface area contributed by atoms with Crippen LogP contribution in [0.4, 0.5) is 5.69 Å². The van der Waals surface area contributed by atoms with E-state index in [9.17, 15) is 4.79 Å². The lowest BCUT2D eigenvalue weighted by Gasteiger charge is -2.15. The van der Waals surface area contributed by atoms with Crippen LogP contribution in [0.3, 0.4) is 0 Å². The van der Waals surface area contributed by atoms with Gasteiger partial charge in [-0.05, 0) is 56.2 Å². The number of nitrogens with one attached hydrogen (secondary N) is 2. The number of nitrogens with zero attached hydrogens (tertiary/aromatic N) is 3. The molecule has 1 atom stereocenters. The first-order chi connectivity index (χ1) is 17.2. The van der Waals surface area contributed by atoms with Crippen molar-refractivity contribution in [1.29, 1.82) is 0 Å². The van der Waals surface area contributed by atoms with Gasteiger partial charge >= 0.3 is 0 Å². The Hall–Kier alpha value is -3.24. The van der Waals surface area contributed by atoms with Crippen LogP contribution in [0.1, 0.15) is 25.6 Å². The van der Waals surface area contributed by atoms with Gasteiger partial charge in [0.2, 0.25) is 5.91 Å². The van der Waals surface area contributed by atoms with Gasteiger partial charge in [-0.3, -0.25) is 9.36 Å². The van der Waals surface area contributed by atoms with Gasteiger partial charge in [-0.2, -0.15) is 0 Å². The number of para-hydroxylation sites is 2. The molecule has 1 aliphatic heterocycles. The van der Waals surface area contributed by atoms with Crippen LogP contribution in [0, 0.1) is 0 Å². The van der Waals surface area contributed by atoms with Crippen LogP contribution in [0.15, 0.2) is 53.7 Å². The van der Waals surface area contributed by atoms with E-state index >= 15 is 0 Å². The SMILES string of the molecule is CCOc1ccc(NCc2nnc(SCC(=O)NCC3CCCO3)n2-c2ccccc2OC)cc1. The van der Waals surface area contributed by atoms with Crippen molar-refractivity contribution in [2.24, 2.45) is 0 Å². The zero-order chi connectivity index (χ0) is 24.5. The lowest BCUT2D eigenvalue weighted by molar-refractivity contribution is -0.119. The van der Waals surface area contributed by atoms with Crippen molar-refractivity contribution in [1.82, 2.24) is 20.1 Å². The van der Waals surface area contributed by atoms with Crippen molar-refractivity contribution in [3.05, 3.63) is 54.4 Å². The van der Waals surface area contributed by atoms with Crippen molar-refractivity contribution in [2.75, 3.05) is 37.9 Å². The Morgan fingerprint density at radius 2 is 2.03 bits per heavy atom. The van der Waals surface area contributed by atoms with E-state index in [2.05, 4.69) is 20.8 Å². The second-order valence-electron chi connectivity index (χ2n) is 7.94. The first-order valence-electron chi connectivity index (χ1n) is 11.7. The van der Waals surface area contributed by atoms with Crippen LogP contribution >= 0.6 is 11.8 Å². The quantitative estimate of drug-likeness (QED) is 0.366. The molecule has 9 nitrogen and oxygen atoms in total. The van der Waals surface area contributed by atoms with E-state index in [1.165, 1.54) is 11.8 Å². The van der Waals surface area contributed by atoms with Gasteiger partial charge in [-0.1, -0.05) is 23.9 Å². The number of benzene rings is 2. The van der Waals surface area contributed by atoms with Crippen molar-refractivity contribution in [3.63, 3.8) is 0 Å². The highest BCUT2D eigenvalue weighted by Gasteiger charge is 2.20. The van der Waals surface area contributed by atoms with Crippen LogP contribution in [0.25, 0.3) is 5.69 Å². The summed E-state index contributed by atoms with van der Waals surface area (Å²) in [6, 6.07) is 15.5. The molecular weight excluding hydrogens is 466 g/mol. The van der Waals surface area contributed by atoms with Crippen molar-refractivity contribution >= 4 is 23.4 Å². The topological polar surface area (TPSA) is 99.5 Å². The van der Waals surface area contributed by atoms with E-state index in [1.54, 1.807) is 7.11 Å². The molecule has 0 aliphatic carbocycles. The maximum Gasteiger partial charge on any atom is 0.230 e. The van der Waals surface area contributed by atoms with Gasteiger partial charge in [0, 0.05) is 18.8 Å². The molecule has 0 saturated carbocycles. The van der Waals surface area contributed by atoms with E-state index in [1.807, 2.05) is 60.0 Å². The summed E-state index contributed by atoms with van der Waals surface area (Å²) in [5.74, 6) is 2.39. The lowest BCUT2D eigenvalue weighted by Crippen LogP contribution is -2.32. The summed E-state index contributed by atoms with van der Waals surface area (Å²) in [4.78, 5) is 12.4. The molecule has 2 N–H and O–H groups in total. The number of thioether (sulfide) groups is 1. The summed E-state index contributed by atoms with van der Waals surface area (Å²) < 4.78 is 18.6. The summed E-state index contributed by atoms with van der Waals surface area (Å²) >= 11 is 1.34. The molecule has 186 valence electrons. The second-order valence-corrected chi connectivity index (χ2v) is 8.89. The number of rotatable bonds is 12. The molecule has 1 fully saturated rings. The monoisotopic (exact) mass is 497 g/mol. The Labute approximate surface area is 209 Å². The molecule has 35 heavy (non-hydrogen) atoms. The van der Waals surface area contributed by atoms with Crippen LogP contribution < -0.4 is 20.1 Å². The van der Waals surface area contributed by atoms with Crippen LogP contribution in [0.5, 0.6) is 11.5 Å². The number of amides is 1. The Kier molecular flexibility index (Phi) is 8.85. The number of ether oxygens (including phenoxy) is 3. The summed E-state index contributed by atoms with van der Waals surface area (Å²) in [7, 11) is 1.63. The summed E-state index contributed by atoms with van der Waals surface area (Å²) in [5, 5.41) is 15.8. The maximum atomic E-state index is 12.4. The number of hydrogen-bond acceptors (Lipinski definition) is 8. The van der Waals surface area contributed by atoms with Crippen LogP contribution in [0.2, 0.25) is 0 Å². The molecule has 2 aromatic carbocycles. The predicted octanol–water partition coefficient (Wildman–Crippen LogP) is 3.67. The number of hydrogen-bond donors (Lipinski definition) is 2. The summed E-state index contributed by atoms with van der Waals surface area (Å²) in [6.45, 7) is 4.33. The average Bonchev–Trinajstić information content (AvgIpc) is 3.56. The molecule has 10 heteroatoms. The summed E-state index contributed by atoms with van der Waals surface area (Å²) in [5.41, 5.74) is 1.75. The molecule has 3 aromatic rings. The minimum Gasteiger partial charge on any atom is -0.495 e. The summed E-state index contributed by atoms with van der Waals surface area (Å²) in [6.07, 6.45) is 2.15. The molecule has 0 radical (unpaired) electrons. The minimum absolute atomic E-state index is 0.0610. The molecule has 1 aliphatic rings. The molecule has 1 unspecified atom stereocenters. The average molecular weight is 498 g/mol. The van der Waals surface area contributed by atoms with Crippen LogP contribution in [-0.4, -0.2) is 59.4 Å². The Balaban J connectivity index is 1.47. The minimum atomic E-state index is -0.0610. The number of carbonyl (C=O) groups excluding carboxylic acids is 1. The maximum absolute atomic E-state index is 12.4. The molecule has 1 amide bonds. The predicted molar refractivity (Wildman–Crippen MR) is 136 cm³/mol. The first-order valence-corrected chi connectivity index (χ1v) is 12.7. The number of methoxy groups -OCH3 is 1. The molecular formula is C25H31N5O4S. The van der Waals surface area contributed by atoms with E-state index < -0.39 is 0 Å². The van der Waals surface area contributed by atoms with E-state index in [-0.39, 0.29) is 17.8 Å². The number of anilines is 1. The first kappa shape index (κ1) is 24.9. The van der Waals surface area contributed by atoms with E-state index in [4.69, 9.17) is 14.2 Å². The highest BCUT2D eigenvalue weighted by atomic mass is 32.2. The van der Waals surface area contributed by atoms with Crippen molar-refractivity contribution in [3.8, 4) is 17.2 Å². The fourth-order valence-electron chi connectivity index (χ4n) is 3.80. The fourth-order valence-corrected chi connectivity index (χ4v) is 4.59. The smallest absolute Gasteiger partial charge is 0.230 e. The van der Waals surface area contributed by atoms with Gasteiger partial charge in [0.15, 0.2) is 11.0 Å². The van der Waals surface area contributed by atoms with Gasteiger partial charge in [-0.15, -0.1) is 10.2 Å². The molecule has 0 bridgehead atoms. The Morgan fingerprint density at radius 1 is 1.20 bits per heavy atom. The molecule has 1 saturated heterocycles. The van der Waals surface area contributed by atoms with Gasteiger partial charge in [-0.25, -0.2) is 0 Å². The molecule has 1 aromatic heterocycles. The van der Waals surface area contributed by atoms with Gasteiger partial charge < -0.3 is 24.8 Å². The zero-order valence-electron chi connectivity index (χ0n) is 20.0. The van der Waals surface area contributed by atoms with Crippen LogP contribution in [-0.2, 0) is 16.1 Å². The van der Waals surface area contributed by atoms with Crippen molar-refractivity contribution < 1.29 is 19.0 Å². The normalized spacial score (nSPS) is 15.1. The molecule has 0 spiro atoms. The van der Waals surface area contributed by atoms with E-state index in [0.29, 0.717) is 36.4 Å². The van der Waals surface area contributed by atoms with Gasteiger partial charge in [0.05, 0.1) is 37.8 Å². The molecule has 4 rings (SSSR count). The third kappa shape index (κ3) is 6.67. The largest absolute Gasteiger partial charge is 0.495 e. The Morgan fingerprint density at radius 3 is 2.77 bits per heavy atom. The second kappa shape index (κ2) is 12.5. The third-order valence-electron chi connectivity index (χ3n) is 5.53. The third-order valence-corrected chi connectivity index (χ3v) is 6.45. The van der Waals surface area contributed by atoms with E-state index in [0.717, 1.165) is 36.6 Å². The highest BCUT2D eigenvalue weighted by Crippen LogP contribution is 2.29. The zero-order valence-corrected chi connectivity index (χ0v) is 20.8.